The van der Waals surface area contributed by atoms with E-state index in [1.54, 1.807) is 18.2 Å². The van der Waals surface area contributed by atoms with E-state index in [1.807, 2.05) is 26.8 Å². The Balaban J connectivity index is 1.31. The van der Waals surface area contributed by atoms with E-state index in [0.717, 1.165) is 11.3 Å². The highest BCUT2D eigenvalue weighted by atomic mass is 32.1. The van der Waals surface area contributed by atoms with Gasteiger partial charge in [-0.25, -0.2) is 4.68 Å². The van der Waals surface area contributed by atoms with Gasteiger partial charge < -0.3 is 10.2 Å². The number of anilines is 1. The average molecular weight is 494 g/mol. The van der Waals surface area contributed by atoms with Gasteiger partial charge in [-0.2, -0.15) is 4.37 Å². The monoisotopic (exact) mass is 493 g/mol. The Hall–Kier alpha value is -3.93. The summed E-state index contributed by atoms with van der Waals surface area (Å²) in [6.07, 6.45) is 2.01. The zero-order valence-corrected chi connectivity index (χ0v) is 20.2. The zero-order valence-electron chi connectivity index (χ0n) is 19.4. The highest BCUT2D eigenvalue weighted by Gasteiger charge is 2.39. The van der Waals surface area contributed by atoms with Crippen LogP contribution in [0.25, 0.3) is 5.69 Å². The van der Waals surface area contributed by atoms with Crippen LogP contribution in [-0.2, 0) is 21.5 Å². The number of nitrogens with one attached hydrogen (secondary N) is 2. The van der Waals surface area contributed by atoms with E-state index >= 15 is 0 Å². The lowest BCUT2D eigenvalue weighted by Crippen LogP contribution is -2.52. The third-order valence-corrected chi connectivity index (χ3v) is 6.72. The van der Waals surface area contributed by atoms with Crippen LogP contribution in [0.4, 0.5) is 5.00 Å². The number of piperidine rings is 1. The summed E-state index contributed by atoms with van der Waals surface area (Å²) in [5.74, 6) is -1.43. The van der Waals surface area contributed by atoms with Crippen molar-refractivity contribution in [1.82, 2.24) is 29.6 Å². The Labute approximate surface area is 204 Å². The van der Waals surface area contributed by atoms with Crippen molar-refractivity contribution in [2.24, 2.45) is 0 Å². The van der Waals surface area contributed by atoms with Crippen LogP contribution >= 0.6 is 11.5 Å². The molecule has 0 spiro atoms. The normalized spacial score (nSPS) is 18.0. The molecule has 5 rings (SSSR count). The number of fused-ring (bicyclic) bond motifs is 1. The molecule has 3 aromatic rings. The fourth-order valence-corrected chi connectivity index (χ4v) is 4.89. The van der Waals surface area contributed by atoms with Gasteiger partial charge in [0.15, 0.2) is 5.69 Å². The Morgan fingerprint density at radius 3 is 2.71 bits per heavy atom. The van der Waals surface area contributed by atoms with E-state index in [-0.39, 0.29) is 35.9 Å². The highest BCUT2D eigenvalue weighted by Crippen LogP contribution is 2.29. The fraction of sp³-hybridized carbons (Fsp3) is 0.348. The molecule has 2 aliphatic rings. The third kappa shape index (κ3) is 4.32. The van der Waals surface area contributed by atoms with Gasteiger partial charge in [-0.3, -0.25) is 24.5 Å². The lowest BCUT2D eigenvalue weighted by atomic mass is 9.92. The molecule has 1 fully saturated rings. The third-order valence-electron chi connectivity index (χ3n) is 6.01. The van der Waals surface area contributed by atoms with Gasteiger partial charge in [0.05, 0.1) is 17.6 Å². The molecular weight excluding hydrogens is 470 g/mol. The average Bonchev–Trinajstić information content (AvgIpc) is 3.53. The molecule has 4 heterocycles. The summed E-state index contributed by atoms with van der Waals surface area (Å²) in [6.45, 7) is 6.40. The number of amides is 4. The topological polar surface area (TPSA) is 139 Å². The smallest absolute Gasteiger partial charge is 0.278 e. The maximum atomic E-state index is 12.9. The predicted molar refractivity (Wildman–Crippen MR) is 126 cm³/mol. The number of benzene rings is 1. The van der Waals surface area contributed by atoms with Crippen LogP contribution in [-0.4, -0.2) is 53.9 Å². The molecule has 1 unspecified atom stereocenters. The van der Waals surface area contributed by atoms with Crippen molar-refractivity contribution in [1.29, 1.82) is 0 Å². The maximum Gasteiger partial charge on any atom is 0.278 e. The number of hydrogen-bond donors (Lipinski definition) is 2. The molecule has 2 aromatic heterocycles. The Kier molecular flexibility index (Phi) is 5.47. The number of carbonyl (C=O) groups excluding carboxylic acids is 4. The summed E-state index contributed by atoms with van der Waals surface area (Å²) in [7, 11) is 0. The number of imide groups is 1. The Morgan fingerprint density at radius 1 is 1.20 bits per heavy atom. The lowest BCUT2D eigenvalue weighted by molar-refractivity contribution is -0.136. The van der Waals surface area contributed by atoms with Gasteiger partial charge >= 0.3 is 0 Å². The standard InChI is InChI=1S/C23H23N7O4S/c1-23(2,3)17-9-19(35-27-17)25-20(32)15-11-30(28-26-15)13-4-5-14-12(8-13)10-29(22(14)34)16-6-7-18(31)24-21(16)33/h4-5,8-9,11,16H,6-7,10H2,1-3H3,(H,25,32)(H,24,31,33). The minimum atomic E-state index is -0.678. The van der Waals surface area contributed by atoms with Crippen molar-refractivity contribution in [3.8, 4) is 5.69 Å². The molecule has 11 nitrogen and oxygen atoms in total. The van der Waals surface area contributed by atoms with Gasteiger partial charge in [-0.15, -0.1) is 5.10 Å². The van der Waals surface area contributed by atoms with E-state index < -0.39 is 17.9 Å². The second kappa shape index (κ2) is 8.38. The fourth-order valence-electron chi connectivity index (χ4n) is 4.06. The molecule has 180 valence electrons. The van der Waals surface area contributed by atoms with Crippen LogP contribution in [0, 0.1) is 0 Å². The SMILES string of the molecule is CC(C)(C)c1cc(NC(=O)c2cn(-c3ccc4c(c3)CN(C3CCC(=O)NC3=O)C4=O)nn2)sn1. The van der Waals surface area contributed by atoms with Crippen molar-refractivity contribution in [3.63, 3.8) is 0 Å². The van der Waals surface area contributed by atoms with E-state index in [0.29, 0.717) is 22.7 Å². The van der Waals surface area contributed by atoms with Gasteiger partial charge in [0.2, 0.25) is 11.8 Å². The van der Waals surface area contributed by atoms with Gasteiger partial charge in [-0.05, 0) is 47.8 Å². The van der Waals surface area contributed by atoms with Gasteiger partial charge in [0.25, 0.3) is 11.8 Å². The first-order valence-electron chi connectivity index (χ1n) is 11.1. The minimum absolute atomic E-state index is 0.120. The van der Waals surface area contributed by atoms with Gasteiger partial charge in [-0.1, -0.05) is 26.0 Å². The van der Waals surface area contributed by atoms with Crippen molar-refractivity contribution >= 4 is 40.2 Å². The van der Waals surface area contributed by atoms with E-state index in [4.69, 9.17) is 0 Å². The number of nitrogens with zero attached hydrogens (tertiary/aromatic N) is 5. The summed E-state index contributed by atoms with van der Waals surface area (Å²) in [5, 5.41) is 13.8. The first kappa shape index (κ1) is 22.8. The van der Waals surface area contributed by atoms with E-state index in [2.05, 4.69) is 25.3 Å². The van der Waals surface area contributed by atoms with Crippen molar-refractivity contribution in [3.05, 3.63) is 53.0 Å². The van der Waals surface area contributed by atoms with Crippen molar-refractivity contribution < 1.29 is 19.2 Å². The van der Waals surface area contributed by atoms with Crippen LogP contribution in [0.5, 0.6) is 0 Å². The molecule has 2 N–H and O–H groups in total. The molecule has 12 heteroatoms. The van der Waals surface area contributed by atoms with Crippen LogP contribution in [0.15, 0.2) is 30.5 Å². The first-order chi connectivity index (χ1) is 16.6. The molecule has 1 atom stereocenters. The number of aromatic nitrogens is 4. The number of rotatable bonds is 4. The molecule has 1 saturated heterocycles. The van der Waals surface area contributed by atoms with Crippen LogP contribution in [0.1, 0.15) is 65.7 Å². The summed E-state index contributed by atoms with van der Waals surface area (Å²) >= 11 is 1.21. The molecule has 35 heavy (non-hydrogen) atoms. The number of carbonyl (C=O) groups is 4. The van der Waals surface area contributed by atoms with Crippen molar-refractivity contribution in [2.75, 3.05) is 5.32 Å². The predicted octanol–water partition coefficient (Wildman–Crippen LogP) is 2.03. The zero-order chi connectivity index (χ0) is 24.9. The first-order valence-corrected chi connectivity index (χ1v) is 11.9. The summed E-state index contributed by atoms with van der Waals surface area (Å²) in [4.78, 5) is 50.7. The number of hydrogen-bond acceptors (Lipinski definition) is 8. The minimum Gasteiger partial charge on any atom is -0.322 e. The molecule has 0 bridgehead atoms. The summed E-state index contributed by atoms with van der Waals surface area (Å²) in [5.41, 5.74) is 2.76. The molecule has 0 saturated carbocycles. The molecule has 4 amide bonds. The maximum absolute atomic E-state index is 12.9. The quantitative estimate of drug-likeness (QED) is 0.530. The molecule has 1 aromatic carbocycles. The van der Waals surface area contributed by atoms with Gasteiger partial charge in [0, 0.05) is 23.9 Å². The second-order valence-corrected chi connectivity index (χ2v) is 10.4. The molecule has 2 aliphatic heterocycles. The Morgan fingerprint density at radius 2 is 2.00 bits per heavy atom. The van der Waals surface area contributed by atoms with Gasteiger partial charge in [0.1, 0.15) is 11.0 Å². The van der Waals surface area contributed by atoms with E-state index in [9.17, 15) is 19.2 Å². The van der Waals surface area contributed by atoms with Crippen LogP contribution in [0.3, 0.4) is 0 Å². The lowest BCUT2D eigenvalue weighted by Gasteiger charge is -2.29. The highest BCUT2D eigenvalue weighted by molar-refractivity contribution is 7.10. The summed E-state index contributed by atoms with van der Waals surface area (Å²) < 4.78 is 5.85. The van der Waals surface area contributed by atoms with Crippen LogP contribution in [0.2, 0.25) is 0 Å². The summed E-state index contributed by atoms with van der Waals surface area (Å²) in [6, 6.07) is 6.33. The molecular formula is C23H23N7O4S. The Bertz CT molecular complexity index is 1370. The second-order valence-electron chi connectivity index (χ2n) is 9.57. The molecule has 0 aliphatic carbocycles. The largest absolute Gasteiger partial charge is 0.322 e. The van der Waals surface area contributed by atoms with E-state index in [1.165, 1.54) is 27.3 Å². The van der Waals surface area contributed by atoms with Crippen LogP contribution < -0.4 is 10.6 Å². The molecule has 0 radical (unpaired) electrons. The van der Waals surface area contributed by atoms with Crippen molar-refractivity contribution in [2.45, 2.75) is 51.6 Å².